The van der Waals surface area contributed by atoms with Gasteiger partial charge in [-0.15, -0.1) is 11.3 Å². The van der Waals surface area contributed by atoms with Crippen LogP contribution in [0.15, 0.2) is 6.07 Å². The minimum atomic E-state index is 0.532. The zero-order valence-corrected chi connectivity index (χ0v) is 14.5. The lowest BCUT2D eigenvalue weighted by molar-refractivity contribution is 0.152. The van der Waals surface area contributed by atoms with E-state index in [9.17, 15) is 0 Å². The van der Waals surface area contributed by atoms with Gasteiger partial charge < -0.3 is 15.1 Å². The topological polar surface area (TPSA) is 18.5 Å². The Labute approximate surface area is 137 Å². The van der Waals surface area contributed by atoms with Crippen LogP contribution in [-0.4, -0.2) is 56.1 Å². The van der Waals surface area contributed by atoms with Crippen LogP contribution in [0.2, 0.25) is 4.34 Å². The Kier molecular flexibility index (Phi) is 5.57. The van der Waals surface area contributed by atoms with Crippen molar-refractivity contribution in [1.29, 1.82) is 0 Å². The van der Waals surface area contributed by atoms with E-state index in [1.807, 2.05) is 0 Å². The van der Waals surface area contributed by atoms with Gasteiger partial charge in [-0.3, -0.25) is 0 Å². The maximum absolute atomic E-state index is 6.17. The Hall–Kier alpha value is -0.130. The summed E-state index contributed by atoms with van der Waals surface area (Å²) in [7, 11) is 2.21. The molecule has 2 heterocycles. The second kappa shape index (κ2) is 7.42. The molecule has 0 radical (unpaired) electrons. The molecule has 1 saturated heterocycles. The lowest BCUT2D eigenvalue weighted by atomic mass is 9.94. The van der Waals surface area contributed by atoms with E-state index in [0.29, 0.717) is 6.04 Å². The number of piperazine rings is 1. The molecule has 0 saturated carbocycles. The second-order valence-corrected chi connectivity index (χ2v) is 8.09. The van der Waals surface area contributed by atoms with Crippen LogP contribution in [0, 0.1) is 0 Å². The van der Waals surface area contributed by atoms with Crippen LogP contribution in [0.5, 0.6) is 0 Å². The van der Waals surface area contributed by atoms with Crippen molar-refractivity contribution >= 4 is 22.9 Å². The summed E-state index contributed by atoms with van der Waals surface area (Å²) in [5.74, 6) is 0. The molecular formula is C16H26ClN3S. The molecule has 0 spiro atoms. The number of aryl methyl sites for hydroxylation is 1. The zero-order chi connectivity index (χ0) is 14.7. The predicted octanol–water partition coefficient (Wildman–Crippen LogP) is 3.01. The van der Waals surface area contributed by atoms with E-state index in [2.05, 4.69) is 28.2 Å². The lowest BCUT2D eigenvalue weighted by Crippen LogP contribution is -2.45. The molecule has 2 aliphatic rings. The van der Waals surface area contributed by atoms with Gasteiger partial charge in [0.05, 0.1) is 4.34 Å². The van der Waals surface area contributed by atoms with E-state index in [1.54, 1.807) is 11.3 Å². The van der Waals surface area contributed by atoms with E-state index in [0.717, 1.165) is 10.9 Å². The smallest absolute Gasteiger partial charge is 0.0934 e. The summed E-state index contributed by atoms with van der Waals surface area (Å²) in [6, 6.07) is 2.71. The van der Waals surface area contributed by atoms with Crippen LogP contribution >= 0.6 is 22.9 Å². The third-order valence-corrected chi connectivity index (χ3v) is 6.06. The van der Waals surface area contributed by atoms with Gasteiger partial charge in [0.2, 0.25) is 0 Å². The number of hydrogen-bond donors (Lipinski definition) is 1. The highest BCUT2D eigenvalue weighted by atomic mass is 35.5. The summed E-state index contributed by atoms with van der Waals surface area (Å²) >= 11 is 7.94. The first-order valence-corrected chi connectivity index (χ1v) is 9.34. The molecule has 5 heteroatoms. The lowest BCUT2D eigenvalue weighted by Gasteiger charge is -2.32. The molecule has 3 nitrogen and oxygen atoms in total. The molecule has 0 amide bonds. The van der Waals surface area contributed by atoms with Crippen LogP contribution in [0.1, 0.15) is 35.7 Å². The SMILES string of the molecule is CN1CCN(CCCNC2CCCc3sc(Cl)cc32)CC1. The first-order chi connectivity index (χ1) is 10.2. The van der Waals surface area contributed by atoms with Gasteiger partial charge in [0.25, 0.3) is 0 Å². The fourth-order valence-corrected chi connectivity index (χ4v) is 4.77. The van der Waals surface area contributed by atoms with Gasteiger partial charge in [-0.1, -0.05) is 11.6 Å². The predicted molar refractivity (Wildman–Crippen MR) is 91.6 cm³/mol. The fourth-order valence-electron chi connectivity index (χ4n) is 3.38. The van der Waals surface area contributed by atoms with Crippen LogP contribution in [0.4, 0.5) is 0 Å². The van der Waals surface area contributed by atoms with Crippen molar-refractivity contribution in [3.63, 3.8) is 0 Å². The zero-order valence-electron chi connectivity index (χ0n) is 12.9. The number of nitrogens with one attached hydrogen (secondary N) is 1. The molecule has 0 aromatic carbocycles. The summed E-state index contributed by atoms with van der Waals surface area (Å²) in [5.41, 5.74) is 1.47. The van der Waals surface area contributed by atoms with E-state index < -0.39 is 0 Å². The van der Waals surface area contributed by atoms with E-state index >= 15 is 0 Å². The number of likely N-dealkylation sites (N-methyl/N-ethyl adjacent to an activating group) is 1. The maximum Gasteiger partial charge on any atom is 0.0934 e. The number of rotatable bonds is 5. The fraction of sp³-hybridized carbons (Fsp3) is 0.750. The van der Waals surface area contributed by atoms with Crippen molar-refractivity contribution in [2.75, 3.05) is 46.3 Å². The average Bonchev–Trinajstić information content (AvgIpc) is 2.86. The van der Waals surface area contributed by atoms with Gasteiger partial charge in [-0.25, -0.2) is 0 Å². The standard InChI is InChI=1S/C16H26ClN3S/c1-19-8-10-20(11-9-19)7-3-6-18-14-4-2-5-15-13(14)12-16(17)21-15/h12,14,18H,2-11H2,1H3. The molecule has 1 aromatic rings. The van der Waals surface area contributed by atoms with Gasteiger partial charge in [-0.2, -0.15) is 0 Å². The number of nitrogens with zero attached hydrogens (tertiary/aromatic N) is 2. The molecular weight excluding hydrogens is 302 g/mol. The van der Waals surface area contributed by atoms with Crippen molar-refractivity contribution in [2.24, 2.45) is 0 Å². The largest absolute Gasteiger partial charge is 0.310 e. The first kappa shape index (κ1) is 15.8. The molecule has 21 heavy (non-hydrogen) atoms. The molecule has 3 rings (SSSR count). The van der Waals surface area contributed by atoms with Crippen molar-refractivity contribution in [3.05, 3.63) is 20.8 Å². The van der Waals surface area contributed by atoms with Gasteiger partial charge >= 0.3 is 0 Å². The van der Waals surface area contributed by atoms with E-state index in [-0.39, 0.29) is 0 Å². The quantitative estimate of drug-likeness (QED) is 0.839. The third-order valence-electron chi connectivity index (χ3n) is 4.72. The van der Waals surface area contributed by atoms with Gasteiger partial charge in [-0.05, 0) is 57.5 Å². The van der Waals surface area contributed by atoms with Crippen molar-refractivity contribution in [2.45, 2.75) is 31.7 Å². The molecule has 1 aliphatic heterocycles. The maximum atomic E-state index is 6.17. The molecule has 1 unspecified atom stereocenters. The highest BCUT2D eigenvalue weighted by Crippen LogP contribution is 2.37. The van der Waals surface area contributed by atoms with Crippen LogP contribution in [0.25, 0.3) is 0 Å². The van der Waals surface area contributed by atoms with E-state index in [1.165, 1.54) is 68.8 Å². The number of hydrogen-bond acceptors (Lipinski definition) is 4. The van der Waals surface area contributed by atoms with Gasteiger partial charge in [0.15, 0.2) is 0 Å². The van der Waals surface area contributed by atoms with Crippen LogP contribution in [-0.2, 0) is 6.42 Å². The van der Waals surface area contributed by atoms with Crippen LogP contribution in [0.3, 0.4) is 0 Å². The molecule has 1 aromatic heterocycles. The Morgan fingerprint density at radius 2 is 2.14 bits per heavy atom. The highest BCUT2D eigenvalue weighted by molar-refractivity contribution is 7.16. The molecule has 1 atom stereocenters. The molecule has 1 aliphatic carbocycles. The Bertz CT molecular complexity index is 454. The normalized spacial score (nSPS) is 24.2. The molecule has 118 valence electrons. The molecule has 1 fully saturated rings. The Balaban J connectivity index is 1.40. The number of fused-ring (bicyclic) bond motifs is 1. The second-order valence-electron chi connectivity index (χ2n) is 6.33. The summed E-state index contributed by atoms with van der Waals surface area (Å²) in [5, 5.41) is 3.75. The molecule has 0 bridgehead atoms. The summed E-state index contributed by atoms with van der Waals surface area (Å²) < 4.78 is 0.950. The van der Waals surface area contributed by atoms with Crippen molar-refractivity contribution in [3.8, 4) is 0 Å². The van der Waals surface area contributed by atoms with E-state index in [4.69, 9.17) is 11.6 Å². The number of thiophene rings is 1. The number of halogens is 1. The van der Waals surface area contributed by atoms with Gasteiger partial charge in [0.1, 0.15) is 0 Å². The van der Waals surface area contributed by atoms with Crippen molar-refractivity contribution < 1.29 is 0 Å². The van der Waals surface area contributed by atoms with Crippen LogP contribution < -0.4 is 5.32 Å². The summed E-state index contributed by atoms with van der Waals surface area (Å²) in [4.78, 5) is 6.51. The summed E-state index contributed by atoms with van der Waals surface area (Å²) in [6.07, 6.45) is 5.01. The third kappa shape index (κ3) is 4.20. The summed E-state index contributed by atoms with van der Waals surface area (Å²) in [6.45, 7) is 7.22. The molecule has 1 N–H and O–H groups in total. The minimum Gasteiger partial charge on any atom is -0.310 e. The minimum absolute atomic E-state index is 0.532. The van der Waals surface area contributed by atoms with Gasteiger partial charge in [0, 0.05) is 37.1 Å². The first-order valence-electron chi connectivity index (χ1n) is 8.15. The monoisotopic (exact) mass is 327 g/mol. The Morgan fingerprint density at radius 1 is 1.33 bits per heavy atom. The highest BCUT2D eigenvalue weighted by Gasteiger charge is 2.22. The Morgan fingerprint density at radius 3 is 2.95 bits per heavy atom. The van der Waals surface area contributed by atoms with Crippen molar-refractivity contribution in [1.82, 2.24) is 15.1 Å². The average molecular weight is 328 g/mol.